The van der Waals surface area contributed by atoms with Gasteiger partial charge in [0.1, 0.15) is 6.04 Å². The van der Waals surface area contributed by atoms with Crippen LogP contribution in [0.25, 0.3) is 0 Å². The molecule has 1 heterocycles. The van der Waals surface area contributed by atoms with E-state index in [-0.39, 0.29) is 11.9 Å². The maximum absolute atomic E-state index is 10.9. The summed E-state index contributed by atoms with van der Waals surface area (Å²) in [7, 11) is 0. The SMILES string of the molecule is NC(=O)C1CCC2CC=CC=C2N1. The second-order valence-electron chi connectivity index (χ2n) is 3.66. The van der Waals surface area contributed by atoms with E-state index in [0.29, 0.717) is 5.92 Å². The summed E-state index contributed by atoms with van der Waals surface area (Å²) >= 11 is 0. The fourth-order valence-electron chi connectivity index (χ4n) is 1.97. The summed E-state index contributed by atoms with van der Waals surface area (Å²) in [4.78, 5) is 10.9. The van der Waals surface area contributed by atoms with Crippen LogP contribution in [-0.2, 0) is 4.79 Å². The summed E-state index contributed by atoms with van der Waals surface area (Å²) in [6.45, 7) is 0. The van der Waals surface area contributed by atoms with E-state index in [9.17, 15) is 4.79 Å². The molecule has 3 heteroatoms. The minimum Gasteiger partial charge on any atom is -0.377 e. The fraction of sp³-hybridized carbons (Fsp3) is 0.500. The van der Waals surface area contributed by atoms with Gasteiger partial charge in [0.15, 0.2) is 0 Å². The lowest BCUT2D eigenvalue weighted by atomic mass is 9.86. The maximum atomic E-state index is 10.9. The summed E-state index contributed by atoms with van der Waals surface area (Å²) in [6.07, 6.45) is 9.26. The van der Waals surface area contributed by atoms with E-state index in [1.165, 1.54) is 5.70 Å². The molecule has 0 saturated carbocycles. The maximum Gasteiger partial charge on any atom is 0.239 e. The van der Waals surface area contributed by atoms with E-state index >= 15 is 0 Å². The molecule has 0 aromatic carbocycles. The molecule has 1 aliphatic carbocycles. The Morgan fingerprint density at radius 3 is 3.15 bits per heavy atom. The molecule has 3 N–H and O–H groups in total. The van der Waals surface area contributed by atoms with E-state index in [1.54, 1.807) is 0 Å². The first kappa shape index (κ1) is 8.35. The monoisotopic (exact) mass is 178 g/mol. The van der Waals surface area contributed by atoms with E-state index in [1.807, 2.05) is 12.2 Å². The highest BCUT2D eigenvalue weighted by molar-refractivity contribution is 5.80. The molecule has 0 radical (unpaired) electrons. The molecule has 13 heavy (non-hydrogen) atoms. The number of hydrogen-bond donors (Lipinski definition) is 2. The smallest absolute Gasteiger partial charge is 0.239 e. The Morgan fingerprint density at radius 2 is 2.38 bits per heavy atom. The molecule has 0 aromatic heterocycles. The molecule has 0 spiro atoms. The van der Waals surface area contributed by atoms with Gasteiger partial charge in [-0.15, -0.1) is 0 Å². The van der Waals surface area contributed by atoms with Crippen molar-refractivity contribution in [2.45, 2.75) is 25.3 Å². The molecule has 2 aliphatic rings. The van der Waals surface area contributed by atoms with Crippen molar-refractivity contribution in [3.05, 3.63) is 23.9 Å². The average molecular weight is 178 g/mol. The zero-order valence-electron chi connectivity index (χ0n) is 7.49. The van der Waals surface area contributed by atoms with Crippen LogP contribution in [0.5, 0.6) is 0 Å². The first-order valence-electron chi connectivity index (χ1n) is 4.70. The number of carbonyl (C=O) groups is 1. The van der Waals surface area contributed by atoms with Crippen molar-refractivity contribution in [1.82, 2.24) is 5.32 Å². The second-order valence-corrected chi connectivity index (χ2v) is 3.66. The molecule has 1 amide bonds. The fourth-order valence-corrected chi connectivity index (χ4v) is 1.97. The molecule has 0 aromatic rings. The number of allylic oxidation sites excluding steroid dienone is 4. The zero-order chi connectivity index (χ0) is 9.26. The van der Waals surface area contributed by atoms with Crippen molar-refractivity contribution in [1.29, 1.82) is 0 Å². The van der Waals surface area contributed by atoms with Gasteiger partial charge in [-0.05, 0) is 25.3 Å². The molecule has 2 unspecified atom stereocenters. The lowest BCUT2D eigenvalue weighted by Gasteiger charge is -2.32. The van der Waals surface area contributed by atoms with Gasteiger partial charge in [0, 0.05) is 11.6 Å². The molecule has 3 nitrogen and oxygen atoms in total. The van der Waals surface area contributed by atoms with Crippen LogP contribution in [-0.4, -0.2) is 11.9 Å². The topological polar surface area (TPSA) is 55.1 Å². The number of nitrogens with one attached hydrogen (secondary N) is 1. The van der Waals surface area contributed by atoms with Crippen molar-refractivity contribution >= 4 is 5.91 Å². The van der Waals surface area contributed by atoms with Crippen molar-refractivity contribution in [2.24, 2.45) is 11.7 Å². The molecule has 0 bridgehead atoms. The van der Waals surface area contributed by atoms with Gasteiger partial charge < -0.3 is 11.1 Å². The van der Waals surface area contributed by atoms with Crippen LogP contribution in [0.3, 0.4) is 0 Å². The van der Waals surface area contributed by atoms with Gasteiger partial charge in [-0.3, -0.25) is 4.79 Å². The van der Waals surface area contributed by atoms with Gasteiger partial charge in [0.25, 0.3) is 0 Å². The van der Waals surface area contributed by atoms with Crippen LogP contribution in [0.1, 0.15) is 19.3 Å². The van der Waals surface area contributed by atoms with E-state index in [2.05, 4.69) is 11.4 Å². The number of piperidine rings is 1. The third-order valence-corrected chi connectivity index (χ3v) is 2.76. The predicted molar refractivity (Wildman–Crippen MR) is 50.7 cm³/mol. The van der Waals surface area contributed by atoms with Crippen LogP contribution in [0.15, 0.2) is 23.9 Å². The zero-order valence-corrected chi connectivity index (χ0v) is 7.49. The first-order chi connectivity index (χ1) is 6.27. The molecule has 2 rings (SSSR count). The van der Waals surface area contributed by atoms with Gasteiger partial charge in [0.05, 0.1) is 0 Å². The van der Waals surface area contributed by atoms with Gasteiger partial charge in [-0.1, -0.05) is 12.2 Å². The Kier molecular flexibility index (Phi) is 2.08. The third kappa shape index (κ3) is 1.59. The summed E-state index contributed by atoms with van der Waals surface area (Å²) < 4.78 is 0. The Bertz CT molecular complexity index is 281. The number of primary amides is 1. The van der Waals surface area contributed by atoms with Crippen LogP contribution in [0.2, 0.25) is 0 Å². The lowest BCUT2D eigenvalue weighted by molar-refractivity contribution is -0.120. The van der Waals surface area contributed by atoms with Crippen molar-refractivity contribution < 1.29 is 4.79 Å². The van der Waals surface area contributed by atoms with Gasteiger partial charge in [-0.2, -0.15) is 0 Å². The van der Waals surface area contributed by atoms with Crippen LogP contribution in [0, 0.1) is 5.92 Å². The predicted octanol–water partition coefficient (Wildman–Crippen LogP) is 0.684. The van der Waals surface area contributed by atoms with Crippen LogP contribution >= 0.6 is 0 Å². The van der Waals surface area contributed by atoms with Crippen molar-refractivity contribution in [3.8, 4) is 0 Å². The quantitative estimate of drug-likeness (QED) is 0.620. The number of rotatable bonds is 1. The lowest BCUT2D eigenvalue weighted by Crippen LogP contribution is -2.45. The first-order valence-corrected chi connectivity index (χ1v) is 4.70. The average Bonchev–Trinajstić information content (AvgIpc) is 2.17. The molecular formula is C10H14N2O. The largest absolute Gasteiger partial charge is 0.377 e. The summed E-state index contributed by atoms with van der Waals surface area (Å²) in [5.41, 5.74) is 6.42. The molecule has 1 fully saturated rings. The number of nitrogens with two attached hydrogens (primary N) is 1. The van der Waals surface area contributed by atoms with Crippen LogP contribution < -0.4 is 11.1 Å². The van der Waals surface area contributed by atoms with E-state index < -0.39 is 0 Å². The highest BCUT2D eigenvalue weighted by atomic mass is 16.1. The Labute approximate surface area is 77.7 Å². The van der Waals surface area contributed by atoms with Gasteiger partial charge >= 0.3 is 0 Å². The van der Waals surface area contributed by atoms with Crippen molar-refractivity contribution in [3.63, 3.8) is 0 Å². The normalized spacial score (nSPS) is 31.5. The number of carbonyl (C=O) groups excluding carboxylic acids is 1. The molecule has 2 atom stereocenters. The molecule has 1 saturated heterocycles. The highest BCUT2D eigenvalue weighted by Gasteiger charge is 2.27. The molecule has 70 valence electrons. The molecule has 1 aliphatic heterocycles. The van der Waals surface area contributed by atoms with E-state index in [0.717, 1.165) is 19.3 Å². The second kappa shape index (κ2) is 3.24. The summed E-state index contributed by atoms with van der Waals surface area (Å²) in [5.74, 6) is 0.342. The standard InChI is InChI=1S/C10H14N2O/c11-10(13)9-6-5-7-3-1-2-4-8(7)12-9/h1-2,4,7,9,12H,3,5-6H2,(H2,11,13). The van der Waals surface area contributed by atoms with Gasteiger partial charge in [0.2, 0.25) is 5.91 Å². The Morgan fingerprint density at radius 1 is 1.54 bits per heavy atom. The number of fused-ring (bicyclic) bond motifs is 1. The van der Waals surface area contributed by atoms with E-state index in [4.69, 9.17) is 5.73 Å². The number of amides is 1. The van der Waals surface area contributed by atoms with Gasteiger partial charge in [-0.25, -0.2) is 0 Å². The summed E-state index contributed by atoms with van der Waals surface area (Å²) in [5, 5.41) is 3.19. The Balaban J connectivity index is 2.09. The minimum absolute atomic E-state index is 0.158. The van der Waals surface area contributed by atoms with Crippen molar-refractivity contribution in [2.75, 3.05) is 0 Å². The molecular weight excluding hydrogens is 164 g/mol. The Hall–Kier alpha value is -1.25. The summed E-state index contributed by atoms with van der Waals surface area (Å²) in [6, 6.07) is -0.158. The third-order valence-electron chi connectivity index (χ3n) is 2.76. The minimum atomic E-state index is -0.242. The van der Waals surface area contributed by atoms with Crippen LogP contribution in [0.4, 0.5) is 0 Å². The number of hydrogen-bond acceptors (Lipinski definition) is 2. The highest BCUT2D eigenvalue weighted by Crippen LogP contribution is 2.28.